The van der Waals surface area contributed by atoms with Crippen molar-refractivity contribution in [1.29, 1.82) is 5.26 Å². The molecule has 5 aromatic rings. The Bertz CT molecular complexity index is 1990. The first-order valence-corrected chi connectivity index (χ1v) is 13.1. The monoisotopic (exact) mass is 756 g/mol. The highest BCUT2D eigenvalue weighted by atomic mass is 19.2. The molecule has 0 N–H and O–H groups in total. The predicted molar refractivity (Wildman–Crippen MR) is 153 cm³/mol. The highest BCUT2D eigenvalue weighted by molar-refractivity contribution is 5.27. The second-order valence-electron chi connectivity index (χ2n) is 8.66. The summed E-state index contributed by atoms with van der Waals surface area (Å²) >= 11 is 0. The van der Waals surface area contributed by atoms with E-state index >= 15 is 0 Å². The molecular weight excluding hydrogens is 740 g/mol. The molecule has 5 rings (SSSR count). The number of aromatic nitrogens is 12. The third-order valence-corrected chi connectivity index (χ3v) is 4.68. The van der Waals surface area contributed by atoms with Gasteiger partial charge in [-0.1, -0.05) is 0 Å². The Morgan fingerprint density at radius 2 is 1.08 bits per heavy atom. The minimum atomic E-state index is -1.63. The van der Waals surface area contributed by atoms with Gasteiger partial charge in [-0.2, -0.15) is 60.9 Å². The quantitative estimate of drug-likeness (QED) is 0.0613. The van der Waals surface area contributed by atoms with Gasteiger partial charge in [-0.05, 0) is 40.6 Å². The molecule has 20 nitrogen and oxygen atoms in total. The van der Waals surface area contributed by atoms with E-state index in [1.807, 2.05) is 0 Å². The van der Waals surface area contributed by atoms with Crippen molar-refractivity contribution in [3.8, 4) is 6.07 Å². The summed E-state index contributed by atoms with van der Waals surface area (Å²) in [4.78, 5) is 59.5. The van der Waals surface area contributed by atoms with Crippen LogP contribution in [0.1, 0.15) is 34.7 Å². The van der Waals surface area contributed by atoms with Gasteiger partial charge in [-0.15, -0.1) is 16.5 Å². The van der Waals surface area contributed by atoms with E-state index in [0.29, 0.717) is 11.9 Å². The van der Waals surface area contributed by atoms with Crippen LogP contribution >= 0.6 is 0 Å². The Morgan fingerprint density at radius 3 is 1.49 bits per heavy atom. The molecule has 0 aliphatic carbocycles. The lowest BCUT2D eigenvalue weighted by Gasteiger charge is -1.95. The summed E-state index contributed by atoms with van der Waals surface area (Å²) < 4.78 is 96.6. The Hall–Kier alpha value is -7.52. The maximum absolute atomic E-state index is 12.3. The van der Waals surface area contributed by atoms with Crippen LogP contribution in [0, 0.1) is 120 Å². The fraction of sp³-hybridized carbons (Fsp3) is 0.200. The number of nitro groups is 2. The molecule has 0 spiro atoms. The van der Waals surface area contributed by atoms with Crippen LogP contribution in [0.5, 0.6) is 0 Å². The number of pyridine rings is 1. The van der Waals surface area contributed by atoms with Crippen molar-refractivity contribution in [2.45, 2.75) is 34.6 Å². The van der Waals surface area contributed by atoms with Crippen molar-refractivity contribution in [1.82, 2.24) is 59.8 Å². The van der Waals surface area contributed by atoms with Crippen molar-refractivity contribution in [3.63, 3.8) is 0 Å². The van der Waals surface area contributed by atoms with E-state index in [1.165, 1.54) is 27.7 Å². The van der Waals surface area contributed by atoms with Crippen LogP contribution in [0.15, 0.2) is 6.07 Å². The second kappa shape index (κ2) is 20.2. The van der Waals surface area contributed by atoms with Gasteiger partial charge in [-0.25, -0.2) is 14.4 Å². The first kappa shape index (κ1) is 43.5. The molecule has 5 aromatic heterocycles. The first-order valence-electron chi connectivity index (χ1n) is 13.1. The fourth-order valence-corrected chi connectivity index (χ4v) is 2.62. The maximum Gasteiger partial charge on any atom is 0.478 e. The molecule has 0 unspecified atom stereocenters. The number of rotatable bonds is 2. The molecule has 0 amide bonds. The summed E-state index contributed by atoms with van der Waals surface area (Å²) in [5.41, 5.74) is -0.263. The van der Waals surface area contributed by atoms with E-state index in [-0.39, 0.29) is 34.8 Å². The number of hydrogen-bond donors (Lipinski definition) is 0. The predicted octanol–water partition coefficient (Wildman–Crippen LogP) is 4.07. The average Bonchev–Trinajstić information content (AvgIpc) is 3.06. The van der Waals surface area contributed by atoms with Gasteiger partial charge in [0.1, 0.15) is 17.5 Å². The second-order valence-corrected chi connectivity index (χ2v) is 8.66. The van der Waals surface area contributed by atoms with Gasteiger partial charge in [0, 0.05) is 30.5 Å². The number of halogens is 8. The molecule has 276 valence electrons. The minimum absolute atomic E-state index is 0.0106. The van der Waals surface area contributed by atoms with Gasteiger partial charge < -0.3 is 25.1 Å². The molecule has 53 heavy (non-hydrogen) atoms. The van der Waals surface area contributed by atoms with Crippen molar-refractivity contribution in [2.75, 3.05) is 0 Å². The minimum Gasteiger partial charge on any atom is -0.394 e. The van der Waals surface area contributed by atoms with Crippen molar-refractivity contribution < 1.29 is 45.0 Å². The molecule has 0 radical (unpaired) electrons. The normalized spacial score (nSPS) is 9.49. The van der Waals surface area contributed by atoms with E-state index in [9.17, 15) is 55.4 Å². The molecule has 0 aliphatic heterocycles. The largest absolute Gasteiger partial charge is 0.478 e. The SMILES string of the molecule is Cc1c(F)cc(F)nc1F.Cc1nc(F)c(F)c(F)n1.Cc1nc(F)nc(F)n1.Cc1nc([N+](=O)[O-])nc([N+](=O)[O-])n1.[C-]#[N+]c1nc(C)nc(C#N)n1. The molecule has 0 aliphatic rings. The zero-order chi connectivity index (χ0) is 40.6. The molecule has 0 saturated carbocycles. The van der Waals surface area contributed by atoms with E-state index < -0.39 is 69.3 Å². The van der Waals surface area contributed by atoms with E-state index in [0.717, 1.165) is 0 Å². The van der Waals surface area contributed by atoms with Crippen LogP contribution in [0.2, 0.25) is 0 Å². The summed E-state index contributed by atoms with van der Waals surface area (Å²) in [5, 5.41) is 28.7. The number of aryl methyl sites for hydroxylation is 4. The van der Waals surface area contributed by atoms with Crippen LogP contribution in [0.25, 0.3) is 4.85 Å². The van der Waals surface area contributed by atoms with Crippen molar-refractivity contribution in [2.24, 2.45) is 0 Å². The third-order valence-electron chi connectivity index (χ3n) is 4.68. The average molecular weight is 756 g/mol. The maximum atomic E-state index is 12.3. The standard InChI is InChI=1S/C6H4F3N.C6H3N5.C5H3F3N2.C4H3F2N3.C4H3N5O4/c1-3-4(7)2-5(8)10-6(3)9;1-4-9-5(3-7)11-6(8-2)10-4;1-2-9-4(7)3(6)5(8)10-2;1-2-7-3(5)9-4(6)8-2;1-2-5-3(8(10)11)7-4(6-2)9(12)13/h2H,1H3;1H3;1H3;1H3;1H3. The van der Waals surface area contributed by atoms with Crippen LogP contribution in [0.3, 0.4) is 0 Å². The van der Waals surface area contributed by atoms with Crippen molar-refractivity contribution in [3.05, 3.63) is 120 Å². The van der Waals surface area contributed by atoms with Gasteiger partial charge in [0.25, 0.3) is 23.5 Å². The molecule has 0 saturated heterocycles. The molecule has 0 atom stereocenters. The van der Waals surface area contributed by atoms with Gasteiger partial charge in [0.05, 0.1) is 0 Å². The van der Waals surface area contributed by atoms with Crippen LogP contribution in [-0.4, -0.2) is 69.7 Å². The molecule has 0 aromatic carbocycles. The molecular formula is C25H16F8N16O4. The summed E-state index contributed by atoms with van der Waals surface area (Å²) in [7, 11) is 0. The number of nitrogens with zero attached hydrogens (tertiary/aromatic N) is 16. The van der Waals surface area contributed by atoms with Gasteiger partial charge in [0.2, 0.25) is 17.7 Å². The Morgan fingerprint density at radius 1 is 0.623 bits per heavy atom. The molecule has 0 fully saturated rings. The Kier molecular flexibility index (Phi) is 16.6. The van der Waals surface area contributed by atoms with Gasteiger partial charge >= 0.3 is 30.0 Å². The highest BCUT2D eigenvalue weighted by Crippen LogP contribution is 2.10. The number of hydrogen-bond acceptors (Lipinski definition) is 17. The Labute approximate surface area is 288 Å². The molecule has 28 heteroatoms. The summed E-state index contributed by atoms with van der Waals surface area (Å²) in [6, 6.07) is 2.28. The van der Waals surface area contributed by atoms with Crippen molar-refractivity contribution >= 4 is 17.8 Å². The fourth-order valence-electron chi connectivity index (χ4n) is 2.62. The van der Waals surface area contributed by atoms with Crippen LogP contribution < -0.4 is 0 Å². The zero-order valence-electron chi connectivity index (χ0n) is 26.9. The van der Waals surface area contributed by atoms with E-state index in [4.69, 9.17) is 11.8 Å². The summed E-state index contributed by atoms with van der Waals surface area (Å²) in [6.07, 6.45) is -2.17. The lowest BCUT2D eigenvalue weighted by molar-refractivity contribution is -0.409. The Balaban J connectivity index is 0.000000333. The van der Waals surface area contributed by atoms with Crippen LogP contribution in [-0.2, 0) is 0 Å². The van der Waals surface area contributed by atoms with E-state index in [1.54, 1.807) is 13.0 Å². The van der Waals surface area contributed by atoms with E-state index in [2.05, 4.69) is 64.7 Å². The molecule has 5 heterocycles. The summed E-state index contributed by atoms with van der Waals surface area (Å²) in [5.74, 6) is -9.13. The van der Waals surface area contributed by atoms with Gasteiger partial charge in [-0.3, -0.25) is 0 Å². The summed E-state index contributed by atoms with van der Waals surface area (Å²) in [6.45, 7) is 13.3. The third kappa shape index (κ3) is 15.3. The topological polar surface area (TPSA) is 269 Å². The lowest BCUT2D eigenvalue weighted by Crippen LogP contribution is -2.04. The lowest BCUT2D eigenvalue weighted by atomic mass is 10.3. The van der Waals surface area contributed by atoms with Gasteiger partial charge in [0.15, 0.2) is 11.9 Å². The smallest absolute Gasteiger partial charge is 0.394 e. The first-order chi connectivity index (χ1) is 24.7. The zero-order valence-corrected chi connectivity index (χ0v) is 26.9. The molecule has 0 bridgehead atoms. The number of nitriles is 1. The highest BCUT2D eigenvalue weighted by Gasteiger charge is 2.21. The van der Waals surface area contributed by atoms with Crippen LogP contribution in [0.4, 0.5) is 53.0 Å².